The summed E-state index contributed by atoms with van der Waals surface area (Å²) in [5.74, 6) is 0.316. The highest BCUT2D eigenvalue weighted by Crippen LogP contribution is 2.27. The molecule has 0 atom stereocenters. The lowest BCUT2D eigenvalue weighted by Gasteiger charge is -2.10. The van der Waals surface area contributed by atoms with Gasteiger partial charge in [0.25, 0.3) is 10.0 Å². The third-order valence-electron chi connectivity index (χ3n) is 2.99. The SMILES string of the molecule is CNc1nc2sccn2c1S(=O)(=O)Nc1cnccc1C. The van der Waals surface area contributed by atoms with E-state index < -0.39 is 10.0 Å². The van der Waals surface area contributed by atoms with Gasteiger partial charge >= 0.3 is 0 Å². The molecule has 7 nitrogen and oxygen atoms in total. The van der Waals surface area contributed by atoms with Crippen molar-refractivity contribution in [2.45, 2.75) is 11.9 Å². The minimum atomic E-state index is -3.78. The smallest absolute Gasteiger partial charge is 0.281 e. The van der Waals surface area contributed by atoms with Crippen LogP contribution < -0.4 is 10.0 Å². The molecule has 2 N–H and O–H groups in total. The molecule has 3 aromatic heterocycles. The van der Waals surface area contributed by atoms with Crippen molar-refractivity contribution in [3.8, 4) is 0 Å². The Balaban J connectivity index is 2.12. The number of imidazole rings is 1. The normalized spacial score (nSPS) is 11.7. The number of rotatable bonds is 4. The second kappa shape index (κ2) is 5.01. The zero-order valence-electron chi connectivity index (χ0n) is 11.4. The lowest BCUT2D eigenvalue weighted by molar-refractivity contribution is 0.597. The van der Waals surface area contributed by atoms with E-state index >= 15 is 0 Å². The van der Waals surface area contributed by atoms with Crippen molar-refractivity contribution < 1.29 is 8.42 Å². The molecular formula is C12H13N5O2S2. The van der Waals surface area contributed by atoms with Crippen LogP contribution in [-0.4, -0.2) is 29.8 Å². The van der Waals surface area contributed by atoms with Crippen LogP contribution in [0.4, 0.5) is 11.5 Å². The quantitative estimate of drug-likeness (QED) is 0.766. The Morgan fingerprint density at radius 3 is 2.90 bits per heavy atom. The van der Waals surface area contributed by atoms with Gasteiger partial charge < -0.3 is 5.32 Å². The molecule has 3 aromatic rings. The molecule has 0 spiro atoms. The average Bonchev–Trinajstić information content (AvgIpc) is 3.00. The van der Waals surface area contributed by atoms with Crippen molar-refractivity contribution in [1.29, 1.82) is 0 Å². The first-order valence-electron chi connectivity index (χ1n) is 6.09. The van der Waals surface area contributed by atoms with Crippen LogP contribution in [0.25, 0.3) is 4.96 Å². The summed E-state index contributed by atoms with van der Waals surface area (Å²) in [6.07, 6.45) is 4.78. The van der Waals surface area contributed by atoms with Crippen molar-refractivity contribution in [3.63, 3.8) is 0 Å². The van der Waals surface area contributed by atoms with Crippen LogP contribution in [0.5, 0.6) is 0 Å². The van der Waals surface area contributed by atoms with Gasteiger partial charge in [-0.1, -0.05) is 0 Å². The highest BCUT2D eigenvalue weighted by Gasteiger charge is 2.26. The molecular weight excluding hydrogens is 310 g/mol. The van der Waals surface area contributed by atoms with E-state index in [0.717, 1.165) is 5.56 Å². The maximum absolute atomic E-state index is 12.7. The molecule has 0 aromatic carbocycles. The van der Waals surface area contributed by atoms with Gasteiger partial charge in [-0.2, -0.15) is 8.42 Å². The van der Waals surface area contributed by atoms with Gasteiger partial charge in [-0.3, -0.25) is 14.1 Å². The van der Waals surface area contributed by atoms with E-state index in [9.17, 15) is 8.42 Å². The molecule has 3 rings (SSSR count). The van der Waals surface area contributed by atoms with Crippen LogP contribution >= 0.6 is 11.3 Å². The number of hydrogen-bond donors (Lipinski definition) is 2. The Bertz CT molecular complexity index is 897. The number of aryl methyl sites for hydroxylation is 1. The number of sulfonamides is 1. The molecule has 0 fully saturated rings. The molecule has 0 saturated carbocycles. The summed E-state index contributed by atoms with van der Waals surface area (Å²) in [6.45, 7) is 1.81. The molecule has 0 aliphatic heterocycles. The second-order valence-electron chi connectivity index (χ2n) is 4.37. The molecule has 0 saturated heterocycles. The monoisotopic (exact) mass is 323 g/mol. The van der Waals surface area contributed by atoms with Gasteiger partial charge in [0, 0.05) is 24.8 Å². The Morgan fingerprint density at radius 1 is 1.38 bits per heavy atom. The van der Waals surface area contributed by atoms with Crippen LogP contribution in [0, 0.1) is 6.92 Å². The van der Waals surface area contributed by atoms with E-state index in [1.807, 2.05) is 6.92 Å². The highest BCUT2D eigenvalue weighted by atomic mass is 32.2. The van der Waals surface area contributed by atoms with Crippen molar-refractivity contribution in [2.24, 2.45) is 0 Å². The van der Waals surface area contributed by atoms with E-state index in [1.54, 1.807) is 35.3 Å². The van der Waals surface area contributed by atoms with Crippen molar-refractivity contribution in [3.05, 3.63) is 35.6 Å². The number of fused-ring (bicyclic) bond motifs is 1. The topological polar surface area (TPSA) is 88.4 Å². The van der Waals surface area contributed by atoms with Gasteiger partial charge in [0.15, 0.2) is 10.8 Å². The average molecular weight is 323 g/mol. The molecule has 0 aliphatic carbocycles. The first kappa shape index (κ1) is 13.8. The Hall–Kier alpha value is -2.13. The second-order valence-corrected chi connectivity index (χ2v) is 6.84. The maximum atomic E-state index is 12.7. The van der Waals surface area contributed by atoms with E-state index in [0.29, 0.717) is 16.5 Å². The van der Waals surface area contributed by atoms with Crippen LogP contribution in [0.15, 0.2) is 35.1 Å². The van der Waals surface area contributed by atoms with Crippen LogP contribution in [-0.2, 0) is 10.0 Å². The first-order chi connectivity index (χ1) is 10.0. The van der Waals surface area contributed by atoms with Gasteiger partial charge in [-0.25, -0.2) is 4.98 Å². The number of hydrogen-bond acceptors (Lipinski definition) is 6. The van der Waals surface area contributed by atoms with Crippen LogP contribution in [0.2, 0.25) is 0 Å². The number of aromatic nitrogens is 3. The van der Waals surface area contributed by atoms with Gasteiger partial charge in [0.2, 0.25) is 5.03 Å². The van der Waals surface area contributed by atoms with E-state index in [2.05, 4.69) is 20.0 Å². The Labute approximate surface area is 125 Å². The summed E-state index contributed by atoms with van der Waals surface area (Å²) < 4.78 is 29.4. The summed E-state index contributed by atoms with van der Waals surface area (Å²) in [4.78, 5) is 8.81. The summed E-state index contributed by atoms with van der Waals surface area (Å²) in [6, 6.07) is 1.74. The maximum Gasteiger partial charge on any atom is 0.281 e. The van der Waals surface area contributed by atoms with Crippen molar-refractivity contribution in [1.82, 2.24) is 14.4 Å². The lowest BCUT2D eigenvalue weighted by Crippen LogP contribution is -2.17. The molecule has 0 radical (unpaired) electrons. The lowest BCUT2D eigenvalue weighted by atomic mass is 10.3. The molecule has 0 bridgehead atoms. The third-order valence-corrected chi connectivity index (χ3v) is 5.14. The molecule has 110 valence electrons. The standard InChI is InChI=1S/C12H13N5O2S2/c1-8-3-4-14-7-9(8)16-21(18,19)11-10(13-2)15-12-17(11)5-6-20-12/h3-7,13,16H,1-2H3. The van der Waals surface area contributed by atoms with Gasteiger partial charge in [0.05, 0.1) is 11.9 Å². The van der Waals surface area contributed by atoms with Gasteiger partial charge in [0.1, 0.15) is 0 Å². The minimum Gasteiger partial charge on any atom is -0.371 e. The van der Waals surface area contributed by atoms with Gasteiger partial charge in [-0.15, -0.1) is 11.3 Å². The molecule has 0 aliphatic rings. The van der Waals surface area contributed by atoms with Crippen LogP contribution in [0.1, 0.15) is 5.56 Å². The van der Waals surface area contributed by atoms with E-state index in [1.165, 1.54) is 17.5 Å². The van der Waals surface area contributed by atoms with Gasteiger partial charge in [-0.05, 0) is 18.6 Å². The fourth-order valence-corrected chi connectivity index (χ4v) is 4.13. The Morgan fingerprint density at radius 2 is 2.19 bits per heavy atom. The first-order valence-corrected chi connectivity index (χ1v) is 8.46. The summed E-state index contributed by atoms with van der Waals surface area (Å²) >= 11 is 1.37. The molecule has 21 heavy (non-hydrogen) atoms. The number of nitrogens with one attached hydrogen (secondary N) is 2. The molecule has 3 heterocycles. The summed E-state index contributed by atoms with van der Waals surface area (Å²) in [5.41, 5.74) is 1.25. The zero-order chi connectivity index (χ0) is 15.0. The third kappa shape index (κ3) is 2.34. The van der Waals surface area contributed by atoms with Crippen molar-refractivity contribution >= 4 is 37.8 Å². The van der Waals surface area contributed by atoms with E-state index in [-0.39, 0.29) is 5.03 Å². The largest absolute Gasteiger partial charge is 0.371 e. The Kier molecular flexibility index (Phi) is 3.30. The van der Waals surface area contributed by atoms with Crippen LogP contribution in [0.3, 0.4) is 0 Å². The van der Waals surface area contributed by atoms with Crippen molar-refractivity contribution in [2.75, 3.05) is 17.1 Å². The summed E-state index contributed by atoms with van der Waals surface area (Å²) in [7, 11) is -2.14. The fourth-order valence-electron chi connectivity index (χ4n) is 1.95. The number of pyridine rings is 1. The molecule has 0 amide bonds. The molecule has 0 unspecified atom stereocenters. The molecule has 9 heteroatoms. The fraction of sp³-hybridized carbons (Fsp3) is 0.167. The number of thiazole rings is 1. The number of nitrogens with zero attached hydrogens (tertiary/aromatic N) is 3. The highest BCUT2D eigenvalue weighted by molar-refractivity contribution is 7.92. The minimum absolute atomic E-state index is 0.0875. The predicted molar refractivity (Wildman–Crippen MR) is 82.4 cm³/mol. The predicted octanol–water partition coefficient (Wildman–Crippen LogP) is 1.94. The van der Waals surface area contributed by atoms with E-state index in [4.69, 9.17) is 0 Å². The summed E-state index contributed by atoms with van der Waals surface area (Å²) in [5, 5.41) is 4.69. The zero-order valence-corrected chi connectivity index (χ0v) is 13.0. The number of anilines is 2.